The maximum absolute atomic E-state index is 13.3. The summed E-state index contributed by atoms with van der Waals surface area (Å²) in [5, 5.41) is 8.76. The molecule has 0 bridgehead atoms. The summed E-state index contributed by atoms with van der Waals surface area (Å²) in [6, 6.07) is 3.79. The standard InChI is InChI=1S/C11H12F2O2/c1-6(7(2)11(14)15)8-4-3-5-9(12)10(8)13/h3-7H,1-2H3,(H,14,15). The molecule has 0 fully saturated rings. The van der Waals surface area contributed by atoms with E-state index >= 15 is 0 Å². The number of carboxylic acids is 1. The minimum absolute atomic E-state index is 0.102. The number of halogens is 2. The lowest BCUT2D eigenvalue weighted by Crippen LogP contribution is -2.17. The molecule has 4 heteroatoms. The third-order valence-electron chi connectivity index (χ3n) is 2.61. The molecule has 0 aliphatic heterocycles. The minimum Gasteiger partial charge on any atom is -0.481 e. The number of benzene rings is 1. The molecule has 2 nitrogen and oxygen atoms in total. The van der Waals surface area contributed by atoms with E-state index in [1.165, 1.54) is 19.1 Å². The Morgan fingerprint density at radius 3 is 2.47 bits per heavy atom. The van der Waals surface area contributed by atoms with Crippen LogP contribution in [0.25, 0.3) is 0 Å². The number of hydrogen-bond donors (Lipinski definition) is 1. The lowest BCUT2D eigenvalue weighted by Gasteiger charge is -2.16. The first-order valence-corrected chi connectivity index (χ1v) is 4.62. The molecule has 0 heterocycles. The highest BCUT2D eigenvalue weighted by molar-refractivity contribution is 5.70. The maximum Gasteiger partial charge on any atom is 0.306 e. The van der Waals surface area contributed by atoms with Gasteiger partial charge >= 0.3 is 5.97 Å². The Labute approximate surface area is 86.5 Å². The van der Waals surface area contributed by atoms with Crippen molar-refractivity contribution in [1.29, 1.82) is 0 Å². The van der Waals surface area contributed by atoms with Gasteiger partial charge < -0.3 is 5.11 Å². The lowest BCUT2D eigenvalue weighted by atomic mass is 9.88. The molecule has 0 saturated carbocycles. The fourth-order valence-corrected chi connectivity index (χ4v) is 1.36. The minimum atomic E-state index is -1.02. The van der Waals surface area contributed by atoms with E-state index in [1.807, 2.05) is 0 Å². The highest BCUT2D eigenvalue weighted by Crippen LogP contribution is 2.27. The predicted molar refractivity (Wildman–Crippen MR) is 51.6 cm³/mol. The smallest absolute Gasteiger partial charge is 0.306 e. The molecule has 1 aromatic rings. The molecule has 2 unspecified atom stereocenters. The molecular weight excluding hydrogens is 202 g/mol. The van der Waals surface area contributed by atoms with Crippen molar-refractivity contribution in [1.82, 2.24) is 0 Å². The van der Waals surface area contributed by atoms with Crippen molar-refractivity contribution in [2.45, 2.75) is 19.8 Å². The van der Waals surface area contributed by atoms with Crippen LogP contribution in [-0.2, 0) is 4.79 Å². The quantitative estimate of drug-likeness (QED) is 0.840. The molecule has 0 aromatic heterocycles. The SMILES string of the molecule is CC(C(=O)O)C(C)c1cccc(F)c1F. The highest BCUT2D eigenvalue weighted by Gasteiger charge is 2.24. The molecule has 15 heavy (non-hydrogen) atoms. The first-order chi connectivity index (χ1) is 6.95. The Kier molecular flexibility index (Phi) is 3.39. The lowest BCUT2D eigenvalue weighted by molar-refractivity contribution is -0.141. The average Bonchev–Trinajstić information content (AvgIpc) is 2.20. The van der Waals surface area contributed by atoms with Crippen LogP contribution in [0.1, 0.15) is 25.3 Å². The van der Waals surface area contributed by atoms with Gasteiger partial charge in [0.15, 0.2) is 11.6 Å². The highest BCUT2D eigenvalue weighted by atomic mass is 19.2. The van der Waals surface area contributed by atoms with Gasteiger partial charge in [0.25, 0.3) is 0 Å². The molecule has 0 aliphatic carbocycles. The fraction of sp³-hybridized carbons (Fsp3) is 0.364. The van der Waals surface area contributed by atoms with Gasteiger partial charge in [-0.05, 0) is 17.5 Å². The number of rotatable bonds is 3. The molecule has 0 radical (unpaired) electrons. The normalized spacial score (nSPS) is 14.7. The Morgan fingerprint density at radius 2 is 1.93 bits per heavy atom. The van der Waals surface area contributed by atoms with Crippen molar-refractivity contribution in [3.05, 3.63) is 35.4 Å². The van der Waals surface area contributed by atoms with Crippen molar-refractivity contribution in [3.8, 4) is 0 Å². The van der Waals surface area contributed by atoms with Crippen molar-refractivity contribution < 1.29 is 18.7 Å². The number of carboxylic acid groups (broad SMARTS) is 1. The molecular formula is C11H12F2O2. The summed E-state index contributed by atoms with van der Waals surface area (Å²) in [4.78, 5) is 10.7. The first-order valence-electron chi connectivity index (χ1n) is 4.62. The van der Waals surface area contributed by atoms with E-state index in [9.17, 15) is 13.6 Å². The summed E-state index contributed by atoms with van der Waals surface area (Å²) in [6.07, 6.45) is 0. The third-order valence-corrected chi connectivity index (χ3v) is 2.61. The van der Waals surface area contributed by atoms with Crippen LogP contribution in [0.2, 0.25) is 0 Å². The molecule has 1 aromatic carbocycles. The summed E-state index contributed by atoms with van der Waals surface area (Å²) < 4.78 is 26.2. The Morgan fingerprint density at radius 1 is 1.33 bits per heavy atom. The molecule has 1 N–H and O–H groups in total. The van der Waals surface area contributed by atoms with Crippen LogP contribution < -0.4 is 0 Å². The van der Waals surface area contributed by atoms with Crippen LogP contribution in [0.4, 0.5) is 8.78 Å². The van der Waals surface area contributed by atoms with Crippen LogP contribution in [0.3, 0.4) is 0 Å². The van der Waals surface area contributed by atoms with Gasteiger partial charge in [0.05, 0.1) is 5.92 Å². The molecule has 2 atom stereocenters. The van der Waals surface area contributed by atoms with Crippen molar-refractivity contribution in [2.75, 3.05) is 0 Å². The van der Waals surface area contributed by atoms with E-state index in [0.717, 1.165) is 6.07 Å². The van der Waals surface area contributed by atoms with Crippen molar-refractivity contribution in [2.24, 2.45) is 5.92 Å². The molecule has 0 amide bonds. The van der Waals surface area contributed by atoms with E-state index < -0.39 is 29.4 Å². The summed E-state index contributed by atoms with van der Waals surface area (Å²) in [6.45, 7) is 3.04. The van der Waals surface area contributed by atoms with Gasteiger partial charge in [-0.25, -0.2) is 8.78 Å². The summed E-state index contributed by atoms with van der Waals surface area (Å²) >= 11 is 0. The zero-order chi connectivity index (χ0) is 11.6. The Bertz CT molecular complexity index is 377. The number of carbonyl (C=O) groups is 1. The van der Waals surface area contributed by atoms with E-state index in [0.29, 0.717) is 0 Å². The predicted octanol–water partition coefficient (Wildman–Crippen LogP) is 2.79. The molecule has 0 aliphatic rings. The molecule has 0 saturated heterocycles. The van der Waals surface area contributed by atoms with Gasteiger partial charge in [0, 0.05) is 0 Å². The van der Waals surface area contributed by atoms with Gasteiger partial charge in [-0.15, -0.1) is 0 Å². The van der Waals surface area contributed by atoms with E-state index in [4.69, 9.17) is 5.11 Å². The third kappa shape index (κ3) is 2.32. The number of hydrogen-bond acceptors (Lipinski definition) is 1. The summed E-state index contributed by atoms with van der Waals surface area (Å²) in [5.41, 5.74) is 0.102. The van der Waals surface area contributed by atoms with Gasteiger partial charge in [-0.2, -0.15) is 0 Å². The van der Waals surface area contributed by atoms with Gasteiger partial charge in [-0.3, -0.25) is 4.79 Å². The second-order valence-corrected chi connectivity index (χ2v) is 3.56. The zero-order valence-electron chi connectivity index (χ0n) is 8.50. The van der Waals surface area contributed by atoms with Crippen LogP contribution in [-0.4, -0.2) is 11.1 Å². The maximum atomic E-state index is 13.3. The summed E-state index contributed by atoms with van der Waals surface area (Å²) in [7, 11) is 0. The second-order valence-electron chi connectivity index (χ2n) is 3.56. The largest absolute Gasteiger partial charge is 0.481 e. The van der Waals surface area contributed by atoms with Crippen LogP contribution in [0, 0.1) is 17.6 Å². The van der Waals surface area contributed by atoms with Gasteiger partial charge in [-0.1, -0.05) is 26.0 Å². The van der Waals surface area contributed by atoms with Gasteiger partial charge in [0.2, 0.25) is 0 Å². The van der Waals surface area contributed by atoms with E-state index in [-0.39, 0.29) is 5.56 Å². The molecule has 1 rings (SSSR count). The van der Waals surface area contributed by atoms with Crippen LogP contribution >= 0.6 is 0 Å². The zero-order valence-corrected chi connectivity index (χ0v) is 8.50. The topological polar surface area (TPSA) is 37.3 Å². The first kappa shape index (κ1) is 11.6. The fourth-order valence-electron chi connectivity index (χ4n) is 1.36. The summed E-state index contributed by atoms with van der Waals surface area (Å²) in [5.74, 6) is -4.24. The van der Waals surface area contributed by atoms with Crippen molar-refractivity contribution in [3.63, 3.8) is 0 Å². The molecule has 0 spiro atoms. The Hall–Kier alpha value is -1.45. The average molecular weight is 214 g/mol. The van der Waals surface area contributed by atoms with E-state index in [2.05, 4.69) is 0 Å². The van der Waals surface area contributed by atoms with Crippen molar-refractivity contribution >= 4 is 5.97 Å². The molecule has 82 valence electrons. The van der Waals surface area contributed by atoms with Crippen LogP contribution in [0.15, 0.2) is 18.2 Å². The van der Waals surface area contributed by atoms with Crippen LogP contribution in [0.5, 0.6) is 0 Å². The monoisotopic (exact) mass is 214 g/mol. The Balaban J connectivity index is 3.06. The van der Waals surface area contributed by atoms with Gasteiger partial charge in [0.1, 0.15) is 0 Å². The number of aliphatic carboxylic acids is 1. The van der Waals surface area contributed by atoms with E-state index in [1.54, 1.807) is 6.92 Å². The second kappa shape index (κ2) is 4.38.